The number of carbonyl (C=O) groups is 1. The highest BCUT2D eigenvalue weighted by molar-refractivity contribution is 8.01. The van der Waals surface area contributed by atoms with Gasteiger partial charge in [-0.2, -0.15) is 0 Å². The number of hydrogen-bond acceptors (Lipinski definition) is 8. The number of fused-ring (bicyclic) bond motifs is 1. The molecule has 0 atom stereocenters. The highest BCUT2D eigenvalue weighted by atomic mass is 32.2. The summed E-state index contributed by atoms with van der Waals surface area (Å²) >= 11 is 2.84. The second kappa shape index (κ2) is 7.93. The summed E-state index contributed by atoms with van der Waals surface area (Å²) in [5, 5.41) is 15.0. The molecule has 4 rings (SSSR count). The number of benzene rings is 1. The van der Waals surface area contributed by atoms with Crippen LogP contribution in [0.2, 0.25) is 0 Å². The first kappa shape index (κ1) is 18.4. The van der Waals surface area contributed by atoms with Gasteiger partial charge in [0.05, 0.1) is 5.75 Å². The second-order valence-corrected chi connectivity index (χ2v) is 8.82. The van der Waals surface area contributed by atoms with Crippen LogP contribution in [0, 0.1) is 0 Å². The number of carbonyl (C=O) groups excluding carboxylic acids is 1. The van der Waals surface area contributed by atoms with E-state index in [1.165, 1.54) is 23.1 Å². The molecular weight excluding hydrogens is 384 g/mol. The lowest BCUT2D eigenvalue weighted by Crippen LogP contribution is -2.34. The molecule has 0 saturated heterocycles. The van der Waals surface area contributed by atoms with Gasteiger partial charge in [-0.15, -0.1) is 10.2 Å². The number of amides is 1. The van der Waals surface area contributed by atoms with E-state index in [4.69, 9.17) is 9.47 Å². The maximum atomic E-state index is 12.3. The van der Waals surface area contributed by atoms with Gasteiger partial charge in [0.1, 0.15) is 0 Å². The fourth-order valence-electron chi connectivity index (χ4n) is 3.19. The van der Waals surface area contributed by atoms with Crippen LogP contribution < -0.4 is 20.1 Å². The number of thioether (sulfide) groups is 1. The van der Waals surface area contributed by atoms with Crippen LogP contribution in [-0.2, 0) is 4.79 Å². The molecule has 0 unspecified atom stereocenters. The van der Waals surface area contributed by atoms with E-state index in [0.717, 1.165) is 53.9 Å². The summed E-state index contributed by atoms with van der Waals surface area (Å²) in [6.45, 7) is 2.96. The molecule has 1 saturated carbocycles. The van der Waals surface area contributed by atoms with Gasteiger partial charge in [0.2, 0.25) is 11.0 Å². The Morgan fingerprint density at radius 1 is 1.26 bits per heavy atom. The fraction of sp³-hybridized carbons (Fsp3) is 0.500. The predicted octanol–water partition coefficient (Wildman–Crippen LogP) is 4.13. The molecule has 0 bridgehead atoms. The van der Waals surface area contributed by atoms with Gasteiger partial charge in [0.25, 0.3) is 5.79 Å². The molecule has 1 fully saturated rings. The van der Waals surface area contributed by atoms with Crippen molar-refractivity contribution in [2.24, 2.45) is 0 Å². The topological polar surface area (TPSA) is 85.4 Å². The SMILES string of the molecule is CCCNc1nnc(SCC(=O)Nc2ccc3c(c2)OC2(CCCC2)O3)s1. The van der Waals surface area contributed by atoms with Gasteiger partial charge in [0.15, 0.2) is 15.8 Å². The Labute approximate surface area is 166 Å². The first-order valence-electron chi connectivity index (χ1n) is 9.18. The van der Waals surface area contributed by atoms with Gasteiger partial charge < -0.3 is 20.1 Å². The van der Waals surface area contributed by atoms with E-state index >= 15 is 0 Å². The van der Waals surface area contributed by atoms with Gasteiger partial charge in [-0.3, -0.25) is 4.79 Å². The number of nitrogens with one attached hydrogen (secondary N) is 2. The van der Waals surface area contributed by atoms with Gasteiger partial charge >= 0.3 is 0 Å². The number of ether oxygens (including phenoxy) is 2. The van der Waals surface area contributed by atoms with Crippen molar-refractivity contribution >= 4 is 39.8 Å². The van der Waals surface area contributed by atoms with E-state index < -0.39 is 5.79 Å². The third-order valence-electron chi connectivity index (χ3n) is 4.44. The molecule has 7 nitrogen and oxygen atoms in total. The van der Waals surface area contributed by atoms with Crippen LogP contribution >= 0.6 is 23.1 Å². The molecule has 9 heteroatoms. The first-order valence-corrected chi connectivity index (χ1v) is 11.0. The van der Waals surface area contributed by atoms with E-state index in [0.29, 0.717) is 11.4 Å². The Hall–Kier alpha value is -2.00. The molecule has 0 radical (unpaired) electrons. The van der Waals surface area contributed by atoms with Crippen LogP contribution in [0.25, 0.3) is 0 Å². The van der Waals surface area contributed by atoms with Crippen LogP contribution in [0.3, 0.4) is 0 Å². The molecule has 1 aliphatic carbocycles. The zero-order valence-corrected chi connectivity index (χ0v) is 16.8. The molecule has 2 aromatic rings. The molecule has 1 aromatic heterocycles. The third kappa shape index (κ3) is 4.30. The molecule has 144 valence electrons. The maximum Gasteiger partial charge on any atom is 0.251 e. The Morgan fingerprint density at radius 2 is 2.07 bits per heavy atom. The van der Waals surface area contributed by atoms with E-state index in [1.54, 1.807) is 0 Å². The van der Waals surface area contributed by atoms with Crippen LogP contribution in [0.15, 0.2) is 22.5 Å². The fourth-order valence-corrected chi connectivity index (χ4v) is 4.76. The monoisotopic (exact) mass is 406 g/mol. The largest absolute Gasteiger partial charge is 0.448 e. The molecular formula is C18H22N4O3S2. The van der Waals surface area contributed by atoms with Crippen LogP contribution in [-0.4, -0.2) is 34.2 Å². The summed E-state index contributed by atoms with van der Waals surface area (Å²) in [6, 6.07) is 5.54. The summed E-state index contributed by atoms with van der Waals surface area (Å²) in [5.41, 5.74) is 0.709. The predicted molar refractivity (Wildman–Crippen MR) is 107 cm³/mol. The van der Waals surface area contributed by atoms with Crippen molar-refractivity contribution in [3.8, 4) is 11.5 Å². The second-order valence-electron chi connectivity index (χ2n) is 6.62. The van der Waals surface area contributed by atoms with Crippen LogP contribution in [0.5, 0.6) is 11.5 Å². The molecule has 2 N–H and O–H groups in total. The standard InChI is InChI=1S/C18H22N4O3S2/c1-2-9-19-16-21-22-17(27-16)26-11-15(23)20-12-5-6-13-14(10-12)25-18(24-13)7-3-4-8-18/h5-6,10H,2-4,7-9,11H2,1H3,(H,19,21)(H,20,23). The van der Waals surface area contributed by atoms with Crippen molar-refractivity contribution in [2.45, 2.75) is 49.2 Å². The Bertz CT molecular complexity index is 821. The van der Waals surface area contributed by atoms with E-state index in [-0.39, 0.29) is 11.7 Å². The summed E-state index contributed by atoms with van der Waals surface area (Å²) in [7, 11) is 0. The number of anilines is 2. The maximum absolute atomic E-state index is 12.3. The van der Waals surface area contributed by atoms with Crippen LogP contribution in [0.1, 0.15) is 39.0 Å². The van der Waals surface area contributed by atoms with Gasteiger partial charge in [-0.1, -0.05) is 30.0 Å². The van der Waals surface area contributed by atoms with Crippen molar-refractivity contribution in [3.05, 3.63) is 18.2 Å². The van der Waals surface area contributed by atoms with E-state index in [9.17, 15) is 4.79 Å². The number of aromatic nitrogens is 2. The lowest BCUT2D eigenvalue weighted by molar-refractivity contribution is -0.113. The number of hydrogen-bond donors (Lipinski definition) is 2. The van der Waals surface area contributed by atoms with Gasteiger partial charge in [-0.05, 0) is 31.4 Å². The Kier molecular flexibility index (Phi) is 5.40. The highest BCUT2D eigenvalue weighted by Gasteiger charge is 2.44. The lowest BCUT2D eigenvalue weighted by Gasteiger charge is -2.21. The minimum atomic E-state index is -0.484. The molecule has 1 spiro atoms. The van der Waals surface area contributed by atoms with Gasteiger partial charge in [-0.25, -0.2) is 0 Å². The normalized spacial score (nSPS) is 16.6. The quantitative estimate of drug-likeness (QED) is 0.669. The smallest absolute Gasteiger partial charge is 0.251 e. The summed E-state index contributed by atoms with van der Waals surface area (Å²) < 4.78 is 12.8. The number of rotatable bonds is 7. The molecule has 27 heavy (non-hydrogen) atoms. The Morgan fingerprint density at radius 3 is 2.89 bits per heavy atom. The minimum Gasteiger partial charge on any atom is -0.448 e. The molecule has 2 aliphatic rings. The van der Waals surface area contributed by atoms with Crippen molar-refractivity contribution < 1.29 is 14.3 Å². The van der Waals surface area contributed by atoms with Crippen molar-refractivity contribution in [1.82, 2.24) is 10.2 Å². The zero-order chi connectivity index (χ0) is 18.7. The molecule has 1 amide bonds. The van der Waals surface area contributed by atoms with Crippen molar-refractivity contribution in [1.29, 1.82) is 0 Å². The number of nitrogens with zero attached hydrogens (tertiary/aromatic N) is 2. The summed E-state index contributed by atoms with van der Waals surface area (Å²) in [5.74, 6) is 1.17. The van der Waals surface area contributed by atoms with Crippen molar-refractivity contribution in [2.75, 3.05) is 22.9 Å². The Balaban J connectivity index is 1.30. The summed E-state index contributed by atoms with van der Waals surface area (Å²) in [6.07, 6.45) is 5.10. The van der Waals surface area contributed by atoms with Crippen molar-refractivity contribution in [3.63, 3.8) is 0 Å². The molecule has 1 aromatic carbocycles. The molecule has 2 heterocycles. The average molecular weight is 407 g/mol. The molecule has 1 aliphatic heterocycles. The van der Waals surface area contributed by atoms with Gasteiger partial charge in [0, 0.05) is 31.1 Å². The zero-order valence-electron chi connectivity index (χ0n) is 15.1. The average Bonchev–Trinajstić information content (AvgIpc) is 3.38. The minimum absolute atomic E-state index is 0.0901. The lowest BCUT2D eigenvalue weighted by atomic mass is 10.2. The van der Waals surface area contributed by atoms with E-state index in [1.807, 2.05) is 18.2 Å². The summed E-state index contributed by atoms with van der Waals surface area (Å²) in [4.78, 5) is 12.3. The highest BCUT2D eigenvalue weighted by Crippen LogP contribution is 2.47. The third-order valence-corrected chi connectivity index (χ3v) is 6.46. The first-order chi connectivity index (χ1) is 13.2. The van der Waals surface area contributed by atoms with Crippen LogP contribution in [0.4, 0.5) is 10.8 Å². The van der Waals surface area contributed by atoms with E-state index in [2.05, 4.69) is 27.8 Å².